The number of nitrogens with two attached hydrogens (primary N) is 1. The predicted molar refractivity (Wildman–Crippen MR) is 192 cm³/mol. The maximum atomic E-state index is 12.8. The summed E-state index contributed by atoms with van der Waals surface area (Å²) in [5.74, 6) is 9.08. The number of aromatic carboxylic acids is 1. The summed E-state index contributed by atoms with van der Waals surface area (Å²) in [4.78, 5) is 14.0. The Kier molecular flexibility index (Phi) is 9.56. The molecule has 0 saturated carbocycles. The molecule has 8 nitrogen and oxygen atoms in total. The Morgan fingerprint density at radius 3 is 2.64 bits per heavy atom. The van der Waals surface area contributed by atoms with E-state index in [9.17, 15) is 9.90 Å². The molecular formula is C36H42ClN5O3S2. The third-order valence-corrected chi connectivity index (χ3v) is 12.1. The van der Waals surface area contributed by atoms with Crippen molar-refractivity contribution in [2.45, 2.75) is 74.2 Å². The number of fused-ring (bicyclic) bond motifs is 6. The summed E-state index contributed by atoms with van der Waals surface area (Å²) < 4.78 is 10.4. The van der Waals surface area contributed by atoms with Crippen LogP contribution in [-0.2, 0) is 44.9 Å². The van der Waals surface area contributed by atoms with E-state index in [1.807, 2.05) is 64.0 Å². The van der Waals surface area contributed by atoms with Crippen LogP contribution in [0.2, 0.25) is 5.02 Å². The smallest absolute Gasteiger partial charge is 0.352 e. The summed E-state index contributed by atoms with van der Waals surface area (Å²) in [6.07, 6.45) is 8.39. The zero-order valence-electron chi connectivity index (χ0n) is 27.1. The zero-order valence-corrected chi connectivity index (χ0v) is 29.5. The van der Waals surface area contributed by atoms with Crippen molar-refractivity contribution >= 4 is 57.6 Å². The topological polar surface area (TPSA) is 98.5 Å². The lowest BCUT2D eigenvalue weighted by molar-refractivity contribution is 0.0685. The number of rotatable bonds is 1. The highest BCUT2D eigenvalue weighted by atomic mass is 35.5. The standard InChI is InChI=1S/C36H42ClN5O3S2/c1-40-34-28-11-12-30(37)33(34)29(31-10-5-14-42(31)38)13-16-46-20-23-18-24(41(2)39-23)21-47-25-17-22-7-3-4-8-26(22)32(19-25)45-15-6-9-27(28)35(40)36(43)44/h11-12,17-19H,3-10,13-16,20-21,38H2,1-2H3,(H,43,44)/b31-29+. The number of hydrogen-bond donors (Lipinski definition) is 2. The Balaban J connectivity index is 1.32. The lowest BCUT2D eigenvalue weighted by Crippen LogP contribution is -2.26. The molecule has 1 fully saturated rings. The van der Waals surface area contributed by atoms with Gasteiger partial charge in [-0.05, 0) is 110 Å². The summed E-state index contributed by atoms with van der Waals surface area (Å²) in [7, 11) is 3.88. The molecule has 0 amide bonds. The number of carbonyl (C=O) groups is 1. The van der Waals surface area contributed by atoms with Crippen LogP contribution in [0, 0.1) is 0 Å². The Morgan fingerprint density at radius 1 is 1.00 bits per heavy atom. The van der Waals surface area contributed by atoms with E-state index in [-0.39, 0.29) is 0 Å². The first kappa shape index (κ1) is 32.5. The Labute approximate surface area is 289 Å². The monoisotopic (exact) mass is 691 g/mol. The lowest BCUT2D eigenvalue weighted by Gasteiger charge is -2.21. The number of hydrogen-bond acceptors (Lipinski definition) is 7. The van der Waals surface area contributed by atoms with Crippen LogP contribution in [0.1, 0.15) is 82.7 Å². The van der Waals surface area contributed by atoms with E-state index in [1.54, 1.807) is 0 Å². The van der Waals surface area contributed by atoms with E-state index in [0.29, 0.717) is 30.2 Å². The van der Waals surface area contributed by atoms with Crippen LogP contribution in [0.25, 0.3) is 16.5 Å². The zero-order chi connectivity index (χ0) is 32.7. The second kappa shape index (κ2) is 13.8. The SMILES string of the molecule is Cn1nc2cc1CSc1cc3c(c(c1)OCCCc1c(C(=O)O)n(C)c4c(c(Cl)ccc14)/C(=C1\CCCN1N)CCSC2)CCCC3. The fraction of sp³-hybridized carbons (Fsp3) is 0.444. The average Bonchev–Trinajstić information content (AvgIpc) is 3.72. The van der Waals surface area contributed by atoms with Gasteiger partial charge in [0, 0.05) is 59.4 Å². The third-order valence-electron chi connectivity index (χ3n) is 9.81. The molecule has 1 aliphatic carbocycles. The van der Waals surface area contributed by atoms with E-state index >= 15 is 0 Å². The molecule has 248 valence electrons. The van der Waals surface area contributed by atoms with Crippen molar-refractivity contribution in [3.63, 3.8) is 0 Å². The van der Waals surface area contributed by atoms with Gasteiger partial charge in [-0.3, -0.25) is 4.68 Å². The normalized spacial score (nSPS) is 19.4. The van der Waals surface area contributed by atoms with Gasteiger partial charge in [0.15, 0.2) is 0 Å². The summed E-state index contributed by atoms with van der Waals surface area (Å²) >= 11 is 10.7. The number of thioether (sulfide) groups is 2. The number of aromatic nitrogens is 3. The molecular weight excluding hydrogens is 650 g/mol. The van der Waals surface area contributed by atoms with Crippen molar-refractivity contribution in [2.24, 2.45) is 19.9 Å². The van der Waals surface area contributed by atoms with E-state index < -0.39 is 5.97 Å². The molecule has 3 N–H and O–H groups in total. The van der Waals surface area contributed by atoms with E-state index in [1.165, 1.54) is 34.6 Å². The fourth-order valence-electron chi connectivity index (χ4n) is 7.57. The predicted octanol–water partition coefficient (Wildman–Crippen LogP) is 7.76. The molecule has 2 aromatic carbocycles. The van der Waals surface area contributed by atoms with Crippen molar-refractivity contribution in [3.8, 4) is 5.75 Å². The molecule has 4 aromatic rings. The summed E-state index contributed by atoms with van der Waals surface area (Å²) in [6.45, 7) is 1.30. The van der Waals surface area contributed by atoms with Gasteiger partial charge in [-0.2, -0.15) is 16.9 Å². The first-order valence-electron chi connectivity index (χ1n) is 16.6. The maximum absolute atomic E-state index is 12.8. The van der Waals surface area contributed by atoms with Gasteiger partial charge in [0.25, 0.3) is 0 Å². The highest BCUT2D eigenvalue weighted by Crippen LogP contribution is 2.42. The van der Waals surface area contributed by atoms with Crippen LogP contribution in [0.3, 0.4) is 0 Å². The molecule has 11 heteroatoms. The molecule has 1 saturated heterocycles. The van der Waals surface area contributed by atoms with Gasteiger partial charge < -0.3 is 19.4 Å². The largest absolute Gasteiger partial charge is 0.493 e. The number of nitrogens with zero attached hydrogens (tertiary/aromatic N) is 4. The van der Waals surface area contributed by atoms with Gasteiger partial charge in [-0.1, -0.05) is 17.7 Å². The van der Waals surface area contributed by atoms with Crippen LogP contribution in [0.15, 0.2) is 40.9 Å². The Bertz CT molecular complexity index is 1880. The van der Waals surface area contributed by atoms with Crippen LogP contribution in [0.5, 0.6) is 5.75 Å². The molecule has 2 aliphatic heterocycles. The molecule has 47 heavy (non-hydrogen) atoms. The minimum atomic E-state index is -0.934. The quantitative estimate of drug-likeness (QED) is 0.196. The molecule has 0 unspecified atom stereocenters. The highest BCUT2D eigenvalue weighted by molar-refractivity contribution is 7.98. The second-order valence-corrected chi connectivity index (χ2v) is 15.4. The number of aryl methyl sites for hydroxylation is 4. The number of allylic oxidation sites excluding steroid dienone is 2. The van der Waals surface area contributed by atoms with Crippen molar-refractivity contribution < 1.29 is 14.6 Å². The van der Waals surface area contributed by atoms with E-state index in [0.717, 1.165) is 101 Å². The van der Waals surface area contributed by atoms with Crippen LogP contribution in [0.4, 0.5) is 0 Å². The number of carboxylic acid groups (broad SMARTS) is 1. The van der Waals surface area contributed by atoms with E-state index in [2.05, 4.69) is 18.2 Å². The number of benzene rings is 2. The molecule has 7 rings (SSSR count). The lowest BCUT2D eigenvalue weighted by atomic mass is 9.91. The summed E-state index contributed by atoms with van der Waals surface area (Å²) in [5.41, 5.74) is 10.1. The van der Waals surface area contributed by atoms with Gasteiger partial charge in [0.2, 0.25) is 0 Å². The Hall–Kier alpha value is -3.05. The first-order chi connectivity index (χ1) is 22.8. The minimum absolute atomic E-state index is 0.308. The van der Waals surface area contributed by atoms with E-state index in [4.69, 9.17) is 27.3 Å². The molecule has 4 heterocycles. The van der Waals surface area contributed by atoms with Gasteiger partial charge in [-0.25, -0.2) is 10.6 Å². The molecule has 0 atom stereocenters. The minimum Gasteiger partial charge on any atom is -0.493 e. The summed E-state index contributed by atoms with van der Waals surface area (Å²) in [5, 5.41) is 18.7. The summed E-state index contributed by atoms with van der Waals surface area (Å²) in [6, 6.07) is 10.7. The number of carboxylic acids is 1. The molecule has 2 aromatic heterocycles. The number of hydrazine groups is 1. The van der Waals surface area contributed by atoms with Crippen molar-refractivity contribution in [2.75, 3.05) is 18.9 Å². The molecule has 0 radical (unpaired) electrons. The molecule has 3 aliphatic rings. The number of ether oxygens (including phenoxy) is 1. The van der Waals surface area contributed by atoms with Crippen molar-refractivity contribution in [1.29, 1.82) is 0 Å². The van der Waals surface area contributed by atoms with Gasteiger partial charge >= 0.3 is 5.97 Å². The molecule has 0 spiro atoms. The van der Waals surface area contributed by atoms with Crippen molar-refractivity contribution in [1.82, 2.24) is 19.4 Å². The first-order valence-corrected chi connectivity index (χ1v) is 19.1. The molecule has 8 bridgehead atoms. The van der Waals surface area contributed by atoms with Gasteiger partial charge in [-0.15, -0.1) is 11.8 Å². The van der Waals surface area contributed by atoms with Crippen LogP contribution < -0.4 is 10.6 Å². The average molecular weight is 692 g/mol. The van der Waals surface area contributed by atoms with Crippen LogP contribution in [-0.4, -0.2) is 49.3 Å². The third kappa shape index (κ3) is 6.42. The van der Waals surface area contributed by atoms with Gasteiger partial charge in [0.1, 0.15) is 11.4 Å². The Morgan fingerprint density at radius 2 is 1.83 bits per heavy atom. The fourth-order valence-corrected chi connectivity index (χ4v) is 9.68. The van der Waals surface area contributed by atoms with Crippen LogP contribution >= 0.6 is 35.1 Å². The van der Waals surface area contributed by atoms with Gasteiger partial charge in [0.05, 0.1) is 22.8 Å². The van der Waals surface area contributed by atoms with Crippen molar-refractivity contribution in [3.05, 3.63) is 80.4 Å². The number of halogens is 1. The maximum Gasteiger partial charge on any atom is 0.352 e. The second-order valence-electron chi connectivity index (χ2n) is 12.8. The highest BCUT2D eigenvalue weighted by Gasteiger charge is 2.28.